The van der Waals surface area contributed by atoms with E-state index < -0.39 is 18.9 Å². The van der Waals surface area contributed by atoms with Gasteiger partial charge in [-0.2, -0.15) is 0 Å². The molecule has 14 heavy (non-hydrogen) atoms. The highest BCUT2D eigenvalue weighted by atomic mass is 35.5. The number of para-hydroxylation sites is 1. The lowest BCUT2D eigenvalue weighted by Crippen LogP contribution is -2.13. The molecule has 0 saturated heterocycles. The molecule has 2 nitrogen and oxygen atoms in total. The molecule has 0 aliphatic rings. The van der Waals surface area contributed by atoms with Crippen molar-refractivity contribution < 1.29 is 13.9 Å². The fourth-order valence-electron chi connectivity index (χ4n) is 1.12. The van der Waals surface area contributed by atoms with E-state index in [0.717, 1.165) is 0 Å². The largest absolute Gasteiger partial charge is 0.508 e. The Balaban J connectivity index is 0.00000169. The van der Waals surface area contributed by atoms with Crippen LogP contribution >= 0.6 is 12.4 Å². The summed E-state index contributed by atoms with van der Waals surface area (Å²) < 4.78 is 23.9. The molecule has 1 aromatic carbocycles. The van der Waals surface area contributed by atoms with Gasteiger partial charge in [0.15, 0.2) is 0 Å². The summed E-state index contributed by atoms with van der Waals surface area (Å²) >= 11 is 0. The molecule has 0 aromatic heterocycles. The zero-order chi connectivity index (χ0) is 9.84. The third-order valence-electron chi connectivity index (χ3n) is 1.77. The number of alkyl halides is 2. The van der Waals surface area contributed by atoms with E-state index in [9.17, 15) is 13.9 Å². The molecule has 0 radical (unpaired) electrons. The molecule has 1 rings (SSSR count). The maximum absolute atomic E-state index is 11.9. The predicted octanol–water partition coefficient (Wildman–Crippen LogP) is 2.47. The number of rotatable bonds is 3. The normalized spacial score (nSPS) is 12.3. The van der Waals surface area contributed by atoms with Gasteiger partial charge in [0.05, 0.1) is 0 Å². The summed E-state index contributed by atoms with van der Waals surface area (Å²) in [7, 11) is 0. The third-order valence-corrected chi connectivity index (χ3v) is 1.77. The van der Waals surface area contributed by atoms with Crippen molar-refractivity contribution >= 4 is 12.4 Å². The van der Waals surface area contributed by atoms with Crippen LogP contribution in [0.2, 0.25) is 0 Å². The Morgan fingerprint density at radius 1 is 1.29 bits per heavy atom. The van der Waals surface area contributed by atoms with Gasteiger partial charge in [0, 0.05) is 18.0 Å². The second-order valence-corrected chi connectivity index (χ2v) is 2.79. The van der Waals surface area contributed by atoms with E-state index in [1.165, 1.54) is 6.07 Å². The fraction of sp³-hybridized carbons (Fsp3) is 0.333. The summed E-state index contributed by atoms with van der Waals surface area (Å²) in [5.41, 5.74) is 5.82. The average molecular weight is 224 g/mol. The summed E-state index contributed by atoms with van der Waals surface area (Å²) in [6.07, 6.45) is -2.88. The van der Waals surface area contributed by atoms with Crippen LogP contribution in [0.4, 0.5) is 8.78 Å². The SMILES string of the molecule is Cl.N[C@H](CC(F)F)c1ccccc1O. The van der Waals surface area contributed by atoms with E-state index in [1.807, 2.05) is 0 Å². The first kappa shape index (κ1) is 13.1. The van der Waals surface area contributed by atoms with Gasteiger partial charge >= 0.3 is 0 Å². The van der Waals surface area contributed by atoms with Crippen LogP contribution in [0.1, 0.15) is 18.0 Å². The molecule has 1 aromatic rings. The van der Waals surface area contributed by atoms with Crippen LogP contribution in [0.3, 0.4) is 0 Å². The van der Waals surface area contributed by atoms with Gasteiger partial charge in [-0.15, -0.1) is 12.4 Å². The van der Waals surface area contributed by atoms with Crippen molar-refractivity contribution in [3.8, 4) is 5.75 Å². The average Bonchev–Trinajstić information content (AvgIpc) is 2.03. The van der Waals surface area contributed by atoms with E-state index in [0.29, 0.717) is 5.56 Å². The molecule has 0 fully saturated rings. The zero-order valence-electron chi connectivity index (χ0n) is 7.36. The molecule has 0 heterocycles. The molecular formula is C9H12ClF2NO. The number of halogens is 3. The van der Waals surface area contributed by atoms with E-state index in [4.69, 9.17) is 5.73 Å². The summed E-state index contributed by atoms with van der Waals surface area (Å²) in [5.74, 6) is -0.0318. The zero-order valence-corrected chi connectivity index (χ0v) is 8.18. The third kappa shape index (κ3) is 3.47. The molecule has 5 heteroatoms. The standard InChI is InChI=1S/C9H11F2NO.ClH/c10-9(11)5-7(12)6-3-1-2-4-8(6)13;/h1-4,7,9,13H,5,12H2;1H/t7-;/m1./s1. The molecule has 0 bridgehead atoms. The van der Waals surface area contributed by atoms with Gasteiger partial charge in [0.25, 0.3) is 0 Å². The van der Waals surface area contributed by atoms with Crippen LogP contribution in [0.5, 0.6) is 5.75 Å². The number of hydrogen-bond donors (Lipinski definition) is 2. The summed E-state index contributed by atoms with van der Waals surface area (Å²) in [5, 5.41) is 9.27. The molecular weight excluding hydrogens is 212 g/mol. The van der Waals surface area contributed by atoms with Crippen LogP contribution in [0, 0.1) is 0 Å². The van der Waals surface area contributed by atoms with Crippen molar-refractivity contribution in [2.75, 3.05) is 0 Å². The summed E-state index contributed by atoms with van der Waals surface area (Å²) in [6.45, 7) is 0. The highest BCUT2D eigenvalue weighted by Gasteiger charge is 2.15. The van der Waals surface area contributed by atoms with Gasteiger partial charge in [-0.25, -0.2) is 8.78 Å². The Bertz CT molecular complexity index is 283. The molecule has 80 valence electrons. The van der Waals surface area contributed by atoms with Crippen molar-refractivity contribution in [2.24, 2.45) is 5.73 Å². The van der Waals surface area contributed by atoms with Crippen molar-refractivity contribution in [2.45, 2.75) is 18.9 Å². The quantitative estimate of drug-likeness (QED) is 0.827. The number of phenolic OH excluding ortho intramolecular Hbond substituents is 1. The molecule has 0 saturated carbocycles. The van der Waals surface area contributed by atoms with Crippen molar-refractivity contribution in [3.05, 3.63) is 29.8 Å². The molecule has 0 aliphatic carbocycles. The van der Waals surface area contributed by atoms with Gasteiger partial charge in [0.2, 0.25) is 6.43 Å². The highest BCUT2D eigenvalue weighted by Crippen LogP contribution is 2.25. The first-order chi connectivity index (χ1) is 6.11. The lowest BCUT2D eigenvalue weighted by molar-refractivity contribution is 0.128. The lowest BCUT2D eigenvalue weighted by atomic mass is 10.0. The number of phenols is 1. The minimum Gasteiger partial charge on any atom is -0.508 e. The van der Waals surface area contributed by atoms with Gasteiger partial charge in [-0.05, 0) is 6.07 Å². The Morgan fingerprint density at radius 3 is 2.36 bits per heavy atom. The Hall–Kier alpha value is -0.870. The minimum atomic E-state index is -2.45. The first-order valence-corrected chi connectivity index (χ1v) is 3.93. The summed E-state index contributed by atoms with van der Waals surface area (Å²) in [4.78, 5) is 0. The van der Waals surface area contributed by atoms with Crippen molar-refractivity contribution in [3.63, 3.8) is 0 Å². The second-order valence-electron chi connectivity index (χ2n) is 2.79. The predicted molar refractivity (Wildman–Crippen MR) is 52.9 cm³/mol. The van der Waals surface area contributed by atoms with Crippen LogP contribution in [-0.2, 0) is 0 Å². The molecule has 0 amide bonds. The van der Waals surface area contributed by atoms with Gasteiger partial charge in [-0.3, -0.25) is 0 Å². The molecule has 3 N–H and O–H groups in total. The van der Waals surface area contributed by atoms with Crippen LogP contribution in [0.25, 0.3) is 0 Å². The maximum atomic E-state index is 11.9. The number of benzene rings is 1. The van der Waals surface area contributed by atoms with Gasteiger partial charge in [-0.1, -0.05) is 18.2 Å². The van der Waals surface area contributed by atoms with Crippen molar-refractivity contribution in [1.82, 2.24) is 0 Å². The monoisotopic (exact) mass is 223 g/mol. The summed E-state index contributed by atoms with van der Waals surface area (Å²) in [6, 6.07) is 5.44. The van der Waals surface area contributed by atoms with Crippen LogP contribution in [-0.4, -0.2) is 11.5 Å². The number of nitrogens with two attached hydrogens (primary N) is 1. The van der Waals surface area contributed by atoms with Crippen LogP contribution in [0.15, 0.2) is 24.3 Å². The first-order valence-electron chi connectivity index (χ1n) is 3.93. The minimum absolute atomic E-state index is 0. The topological polar surface area (TPSA) is 46.2 Å². The Labute approximate surface area is 87.1 Å². The van der Waals surface area contributed by atoms with E-state index >= 15 is 0 Å². The molecule has 1 atom stereocenters. The van der Waals surface area contributed by atoms with Gasteiger partial charge < -0.3 is 10.8 Å². The Morgan fingerprint density at radius 2 is 1.86 bits per heavy atom. The lowest BCUT2D eigenvalue weighted by Gasteiger charge is -2.12. The smallest absolute Gasteiger partial charge is 0.240 e. The molecule has 0 unspecified atom stereocenters. The van der Waals surface area contributed by atoms with E-state index in [2.05, 4.69) is 0 Å². The van der Waals surface area contributed by atoms with Crippen molar-refractivity contribution in [1.29, 1.82) is 0 Å². The van der Waals surface area contributed by atoms with E-state index in [1.54, 1.807) is 18.2 Å². The molecule has 0 spiro atoms. The Kier molecular flexibility index (Phi) is 5.42. The highest BCUT2D eigenvalue weighted by molar-refractivity contribution is 5.85. The van der Waals surface area contributed by atoms with Crippen LogP contribution < -0.4 is 5.73 Å². The van der Waals surface area contributed by atoms with Gasteiger partial charge in [0.1, 0.15) is 5.75 Å². The fourth-order valence-corrected chi connectivity index (χ4v) is 1.12. The maximum Gasteiger partial charge on any atom is 0.240 e. The second kappa shape index (κ2) is 5.78. The number of aromatic hydroxyl groups is 1. The van der Waals surface area contributed by atoms with E-state index in [-0.39, 0.29) is 18.2 Å². The number of hydrogen-bond acceptors (Lipinski definition) is 2. The molecule has 0 aliphatic heterocycles.